The van der Waals surface area contributed by atoms with Crippen molar-refractivity contribution in [2.24, 2.45) is 17.3 Å². The molecule has 1 spiro atoms. The summed E-state index contributed by atoms with van der Waals surface area (Å²) in [6, 6.07) is 0. The van der Waals surface area contributed by atoms with Crippen molar-refractivity contribution in [2.75, 3.05) is 26.4 Å². The second kappa shape index (κ2) is 34.3. The van der Waals surface area contributed by atoms with Gasteiger partial charge in [-0.25, -0.2) is 4.79 Å². The summed E-state index contributed by atoms with van der Waals surface area (Å²) < 4.78 is 23.2. The lowest BCUT2D eigenvalue weighted by Crippen LogP contribution is -2.43. The first kappa shape index (κ1) is 51.0. The van der Waals surface area contributed by atoms with Crippen LogP contribution in [-0.4, -0.2) is 50.8 Å². The van der Waals surface area contributed by atoms with Crippen molar-refractivity contribution in [1.29, 1.82) is 0 Å². The van der Waals surface area contributed by atoms with E-state index in [2.05, 4.69) is 19.2 Å². The Balaban J connectivity index is 1.23. The molecule has 7 nitrogen and oxygen atoms in total. The monoisotopic (exact) mass is 818 g/mol. The van der Waals surface area contributed by atoms with E-state index in [0.717, 1.165) is 50.5 Å². The van der Waals surface area contributed by atoms with Crippen LogP contribution in [0.15, 0.2) is 0 Å². The zero-order valence-corrected chi connectivity index (χ0v) is 38.5. The van der Waals surface area contributed by atoms with Crippen LogP contribution in [0, 0.1) is 17.3 Å². The van der Waals surface area contributed by atoms with Crippen molar-refractivity contribution in [1.82, 2.24) is 5.32 Å². The molecule has 0 radical (unpaired) electrons. The molecule has 4 aliphatic rings. The summed E-state index contributed by atoms with van der Waals surface area (Å²) in [4.78, 5) is 25.7. The average molecular weight is 818 g/mol. The molecule has 3 aliphatic carbocycles. The Morgan fingerprint density at radius 3 is 1.45 bits per heavy atom. The van der Waals surface area contributed by atoms with Gasteiger partial charge in [0.05, 0.1) is 6.61 Å². The predicted octanol–water partition coefficient (Wildman–Crippen LogP) is 15.1. The molecule has 0 aromatic carbocycles. The minimum atomic E-state index is -0.690. The van der Waals surface area contributed by atoms with E-state index in [4.69, 9.17) is 18.9 Å². The topological polar surface area (TPSA) is 83.1 Å². The highest BCUT2D eigenvalue weighted by molar-refractivity contribution is 5.69. The van der Waals surface area contributed by atoms with Gasteiger partial charge in [-0.05, 0) is 49.4 Å². The van der Waals surface area contributed by atoms with Gasteiger partial charge in [0.2, 0.25) is 0 Å². The Hall–Kier alpha value is -1.34. The third-order valence-electron chi connectivity index (χ3n) is 14.0. The van der Waals surface area contributed by atoms with Crippen molar-refractivity contribution in [3.63, 3.8) is 0 Å². The van der Waals surface area contributed by atoms with E-state index in [1.54, 1.807) is 0 Å². The van der Waals surface area contributed by atoms with Crippen LogP contribution >= 0.6 is 0 Å². The number of unbranched alkanes of at least 4 members (excludes halogenated alkanes) is 29. The van der Waals surface area contributed by atoms with Crippen LogP contribution in [0.3, 0.4) is 0 Å². The van der Waals surface area contributed by atoms with E-state index in [-0.39, 0.29) is 30.8 Å². The van der Waals surface area contributed by atoms with Gasteiger partial charge in [0.15, 0.2) is 12.3 Å². The lowest BCUT2D eigenvalue weighted by molar-refractivity contribution is -0.149. The first-order valence-corrected chi connectivity index (χ1v) is 25.9. The molecule has 58 heavy (non-hydrogen) atoms. The van der Waals surface area contributed by atoms with Crippen LogP contribution < -0.4 is 5.32 Å². The Kier molecular flexibility index (Phi) is 30.1. The molecular formula is C51H95NO6. The first-order chi connectivity index (χ1) is 28.5. The number of nitrogens with one attached hydrogen (secondary N) is 1. The van der Waals surface area contributed by atoms with Gasteiger partial charge < -0.3 is 18.9 Å². The van der Waals surface area contributed by atoms with Gasteiger partial charge in [-0.2, -0.15) is 0 Å². The fraction of sp³-hybridized carbons (Fsp3) is 0.961. The molecule has 2 bridgehead atoms. The third-order valence-corrected chi connectivity index (χ3v) is 14.0. The molecule has 1 heterocycles. The molecule has 4 fully saturated rings. The number of carbonyl (C=O) groups is 2. The molecule has 3 saturated carbocycles. The lowest BCUT2D eigenvalue weighted by atomic mass is 9.55. The molecule has 1 saturated heterocycles. The zero-order chi connectivity index (χ0) is 41.2. The standard InChI is InChI=1S/C51H95NO6/c1-3-5-7-9-11-13-15-17-19-21-23-25-27-29-31-33-39-55-42-47(57-50(54)58-48-41-51(44-52-48)40-45-35-37-46(51)38-36-45)43-56-49(53)34-32-30-28-26-24-22-20-18-16-14-12-10-8-6-4-2/h45-48,52H,3-44H2,1-2H3/t45?,46?,47?,48-,51?/m0/s1. The molecule has 3 atom stereocenters. The van der Waals surface area contributed by atoms with Gasteiger partial charge in [0.25, 0.3) is 0 Å². The summed E-state index contributed by atoms with van der Waals surface area (Å²) >= 11 is 0. The highest BCUT2D eigenvalue weighted by atomic mass is 16.7. The van der Waals surface area contributed by atoms with Crippen molar-refractivity contribution >= 4 is 12.1 Å². The number of ether oxygens (including phenoxy) is 4. The van der Waals surface area contributed by atoms with Gasteiger partial charge in [-0.1, -0.05) is 213 Å². The molecule has 4 rings (SSSR count). The number of carbonyl (C=O) groups excluding carboxylic acids is 2. The normalized spacial score (nSPS) is 21.8. The summed E-state index contributed by atoms with van der Waals surface area (Å²) in [6.07, 6.45) is 47.1. The molecule has 0 amide bonds. The van der Waals surface area contributed by atoms with Crippen molar-refractivity contribution < 1.29 is 28.5 Å². The van der Waals surface area contributed by atoms with E-state index in [9.17, 15) is 9.59 Å². The molecule has 0 aromatic heterocycles. The number of rotatable bonds is 39. The van der Waals surface area contributed by atoms with Crippen molar-refractivity contribution in [3.05, 3.63) is 0 Å². The zero-order valence-electron chi connectivity index (χ0n) is 38.5. The van der Waals surface area contributed by atoms with E-state index >= 15 is 0 Å². The molecule has 0 aromatic rings. The molecule has 1 N–H and O–H groups in total. The Morgan fingerprint density at radius 2 is 1.00 bits per heavy atom. The van der Waals surface area contributed by atoms with Crippen LogP contribution in [-0.2, 0) is 23.7 Å². The van der Waals surface area contributed by atoms with Crippen LogP contribution in [0.4, 0.5) is 4.79 Å². The van der Waals surface area contributed by atoms with E-state index in [1.807, 2.05) is 0 Å². The van der Waals surface area contributed by atoms with Gasteiger partial charge in [-0.15, -0.1) is 0 Å². The van der Waals surface area contributed by atoms with Gasteiger partial charge in [0, 0.05) is 26.0 Å². The van der Waals surface area contributed by atoms with Gasteiger partial charge in [-0.3, -0.25) is 10.1 Å². The smallest absolute Gasteiger partial charge is 0.462 e. The third kappa shape index (κ3) is 24.2. The van der Waals surface area contributed by atoms with Crippen LogP contribution in [0.2, 0.25) is 0 Å². The second-order valence-corrected chi connectivity index (χ2v) is 19.2. The maximum Gasteiger partial charge on any atom is 0.510 e. The summed E-state index contributed by atoms with van der Waals surface area (Å²) in [6.45, 7) is 6.34. The molecular weight excluding hydrogens is 723 g/mol. The maximum absolute atomic E-state index is 13.0. The highest BCUT2D eigenvalue weighted by Gasteiger charge is 2.52. The molecule has 7 heteroatoms. The first-order valence-electron chi connectivity index (χ1n) is 25.9. The van der Waals surface area contributed by atoms with Crippen LogP contribution in [0.25, 0.3) is 0 Å². The minimum absolute atomic E-state index is 0.0113. The minimum Gasteiger partial charge on any atom is -0.462 e. The Labute approximate surface area is 358 Å². The Morgan fingerprint density at radius 1 is 0.552 bits per heavy atom. The number of fused-ring (bicyclic) bond motifs is 2. The van der Waals surface area contributed by atoms with Crippen molar-refractivity contribution in [2.45, 2.75) is 270 Å². The fourth-order valence-electron chi connectivity index (χ4n) is 10.4. The maximum atomic E-state index is 13.0. The number of hydrogen-bond acceptors (Lipinski definition) is 7. The van der Waals surface area contributed by atoms with Crippen molar-refractivity contribution in [3.8, 4) is 0 Å². The van der Waals surface area contributed by atoms with E-state index in [0.29, 0.717) is 13.0 Å². The Bertz CT molecular complexity index is 984. The predicted molar refractivity (Wildman–Crippen MR) is 241 cm³/mol. The average Bonchev–Trinajstić information content (AvgIpc) is 3.61. The highest BCUT2D eigenvalue weighted by Crippen LogP contribution is 2.56. The molecule has 2 unspecified atom stereocenters. The van der Waals surface area contributed by atoms with Gasteiger partial charge >= 0.3 is 12.1 Å². The van der Waals surface area contributed by atoms with Crippen LogP contribution in [0.1, 0.15) is 258 Å². The van der Waals surface area contributed by atoms with E-state index in [1.165, 1.54) is 205 Å². The van der Waals surface area contributed by atoms with Crippen LogP contribution in [0.5, 0.6) is 0 Å². The fourth-order valence-corrected chi connectivity index (χ4v) is 10.4. The molecule has 1 aliphatic heterocycles. The quantitative estimate of drug-likeness (QED) is 0.0488. The summed E-state index contributed by atoms with van der Waals surface area (Å²) in [5.41, 5.74) is 0.268. The number of esters is 1. The largest absolute Gasteiger partial charge is 0.510 e. The molecule has 340 valence electrons. The number of hydrogen-bond donors (Lipinski definition) is 1. The van der Waals surface area contributed by atoms with Gasteiger partial charge in [0.1, 0.15) is 6.61 Å². The summed E-state index contributed by atoms with van der Waals surface area (Å²) in [5.74, 6) is 1.35. The van der Waals surface area contributed by atoms with E-state index < -0.39 is 12.3 Å². The SMILES string of the molecule is CCCCCCCCCCCCCCCCCCOCC(COC(=O)CCCCCCCCCCCCCCCCC)OC(=O)O[C@H]1CC2(CN1)CC1CCC2CC1. The second-order valence-electron chi connectivity index (χ2n) is 19.2. The lowest BCUT2D eigenvalue weighted by Gasteiger charge is -2.49. The summed E-state index contributed by atoms with van der Waals surface area (Å²) in [5, 5.41) is 3.48. The summed E-state index contributed by atoms with van der Waals surface area (Å²) in [7, 11) is 0.